The average Bonchev–Trinajstić information content (AvgIpc) is 3.03. The van der Waals surface area contributed by atoms with Gasteiger partial charge < -0.3 is 10.0 Å². The topological polar surface area (TPSA) is 40.8 Å². The van der Waals surface area contributed by atoms with Crippen LogP contribution >= 0.6 is 38.6 Å². The normalized spacial score (nSPS) is 11.3. The second-order valence-electron chi connectivity index (χ2n) is 4.21. The van der Waals surface area contributed by atoms with Gasteiger partial charge in [-0.1, -0.05) is 0 Å². The van der Waals surface area contributed by atoms with Crippen molar-refractivity contribution in [1.29, 1.82) is 0 Å². The lowest BCUT2D eigenvalue weighted by atomic mass is 10.3. The van der Waals surface area contributed by atoms with Crippen LogP contribution in [0.1, 0.15) is 11.3 Å². The number of rotatable bonds is 4. The third-order valence-corrected chi connectivity index (χ3v) is 5.20. The fraction of sp³-hybridized carbons (Fsp3) is 0.250. The Morgan fingerprint density at radius 2 is 2.32 bits per heavy atom. The number of fused-ring (bicyclic) bond motifs is 1. The van der Waals surface area contributed by atoms with Crippen molar-refractivity contribution in [3.05, 3.63) is 38.1 Å². The smallest absolute Gasteiger partial charge is 0.195 e. The van der Waals surface area contributed by atoms with E-state index in [4.69, 9.17) is 0 Å². The molecule has 0 amide bonds. The van der Waals surface area contributed by atoms with E-state index in [1.165, 1.54) is 5.56 Å². The molecular formula is C12H12BrN3OS2. The lowest BCUT2D eigenvalue weighted by Gasteiger charge is -2.17. The molecule has 0 spiro atoms. The first-order valence-electron chi connectivity index (χ1n) is 5.68. The Morgan fingerprint density at radius 1 is 1.47 bits per heavy atom. The van der Waals surface area contributed by atoms with Gasteiger partial charge in [0.2, 0.25) is 0 Å². The van der Waals surface area contributed by atoms with Crippen molar-refractivity contribution in [2.24, 2.45) is 0 Å². The predicted octanol–water partition coefficient (Wildman–Crippen LogP) is 3.35. The van der Waals surface area contributed by atoms with Gasteiger partial charge in [0.15, 0.2) is 10.8 Å². The molecule has 0 fully saturated rings. The van der Waals surface area contributed by atoms with Gasteiger partial charge in [0.05, 0.1) is 16.1 Å². The van der Waals surface area contributed by atoms with Crippen LogP contribution in [0.4, 0.5) is 5.82 Å². The van der Waals surface area contributed by atoms with Crippen LogP contribution in [0.15, 0.2) is 26.8 Å². The van der Waals surface area contributed by atoms with Gasteiger partial charge in [-0.25, -0.2) is 4.98 Å². The Labute approximate surface area is 127 Å². The highest BCUT2D eigenvalue weighted by atomic mass is 79.9. The summed E-state index contributed by atoms with van der Waals surface area (Å²) in [6.45, 7) is 0.769. The molecule has 0 aromatic carbocycles. The molecule has 3 heterocycles. The van der Waals surface area contributed by atoms with Crippen LogP contribution in [0.5, 0.6) is 0 Å². The van der Waals surface area contributed by atoms with Crippen LogP contribution in [0, 0.1) is 0 Å². The number of aliphatic hydroxyl groups excluding tert-OH is 1. The highest BCUT2D eigenvalue weighted by molar-refractivity contribution is 9.11. The summed E-state index contributed by atoms with van der Waals surface area (Å²) >= 11 is 6.72. The molecule has 4 nitrogen and oxygen atoms in total. The Kier molecular flexibility index (Phi) is 3.62. The van der Waals surface area contributed by atoms with Crippen LogP contribution in [0.25, 0.3) is 4.96 Å². The lowest BCUT2D eigenvalue weighted by molar-refractivity contribution is 0.276. The van der Waals surface area contributed by atoms with E-state index in [2.05, 4.69) is 37.3 Å². The standard InChI is InChI=1S/C12H12BrN3OS2/c1-15(5-8-4-10(13)19-7-8)11-9(6-17)16-2-3-18-12(16)14-11/h2-4,7,17H,5-6H2,1H3. The quantitative estimate of drug-likeness (QED) is 0.778. The zero-order chi connectivity index (χ0) is 13.4. The van der Waals surface area contributed by atoms with Crippen LogP contribution in [0.2, 0.25) is 0 Å². The van der Waals surface area contributed by atoms with Gasteiger partial charge in [-0.3, -0.25) is 4.40 Å². The first kappa shape index (κ1) is 13.1. The van der Waals surface area contributed by atoms with E-state index in [-0.39, 0.29) is 6.61 Å². The largest absolute Gasteiger partial charge is 0.390 e. The van der Waals surface area contributed by atoms with Crippen LogP contribution in [0.3, 0.4) is 0 Å². The van der Waals surface area contributed by atoms with Crippen molar-refractivity contribution in [2.75, 3.05) is 11.9 Å². The lowest BCUT2D eigenvalue weighted by Crippen LogP contribution is -2.18. The summed E-state index contributed by atoms with van der Waals surface area (Å²) in [5.74, 6) is 0.844. The molecule has 3 rings (SSSR count). The van der Waals surface area contributed by atoms with E-state index in [0.29, 0.717) is 0 Å². The molecule has 3 aromatic rings. The van der Waals surface area contributed by atoms with E-state index >= 15 is 0 Å². The van der Waals surface area contributed by atoms with Crippen LogP contribution in [-0.2, 0) is 13.2 Å². The number of aliphatic hydroxyl groups is 1. The van der Waals surface area contributed by atoms with Gasteiger partial charge in [-0.2, -0.15) is 0 Å². The molecule has 0 saturated heterocycles. The molecule has 0 unspecified atom stereocenters. The van der Waals surface area contributed by atoms with E-state index in [1.807, 2.05) is 23.0 Å². The molecule has 0 bridgehead atoms. The van der Waals surface area contributed by atoms with Crippen molar-refractivity contribution in [1.82, 2.24) is 9.38 Å². The monoisotopic (exact) mass is 357 g/mol. The summed E-state index contributed by atoms with van der Waals surface area (Å²) in [5, 5.41) is 13.7. The zero-order valence-electron chi connectivity index (χ0n) is 10.2. The van der Waals surface area contributed by atoms with Gasteiger partial charge in [-0.05, 0) is 32.9 Å². The summed E-state index contributed by atoms with van der Waals surface area (Å²) < 4.78 is 3.07. The number of nitrogens with zero attached hydrogens (tertiary/aromatic N) is 3. The second-order valence-corrected chi connectivity index (χ2v) is 7.37. The maximum Gasteiger partial charge on any atom is 0.195 e. The number of anilines is 1. The number of thiophene rings is 1. The number of hydrogen-bond acceptors (Lipinski definition) is 5. The predicted molar refractivity (Wildman–Crippen MR) is 83.1 cm³/mol. The van der Waals surface area contributed by atoms with Gasteiger partial charge in [0.25, 0.3) is 0 Å². The third-order valence-electron chi connectivity index (χ3n) is 2.89. The summed E-state index contributed by atoms with van der Waals surface area (Å²) in [4.78, 5) is 7.57. The Morgan fingerprint density at radius 3 is 3.00 bits per heavy atom. The first-order chi connectivity index (χ1) is 9.19. The molecule has 0 atom stereocenters. The van der Waals surface area contributed by atoms with Gasteiger partial charge >= 0.3 is 0 Å². The van der Waals surface area contributed by atoms with Crippen molar-refractivity contribution in [3.63, 3.8) is 0 Å². The van der Waals surface area contributed by atoms with E-state index in [0.717, 1.165) is 26.8 Å². The highest BCUT2D eigenvalue weighted by Gasteiger charge is 2.16. The molecule has 0 aliphatic heterocycles. The molecule has 3 aromatic heterocycles. The van der Waals surface area contributed by atoms with E-state index in [9.17, 15) is 5.11 Å². The minimum atomic E-state index is -0.00902. The molecule has 100 valence electrons. The maximum atomic E-state index is 9.55. The SMILES string of the molecule is CN(Cc1csc(Br)c1)c1nc2sccn2c1CO. The van der Waals surface area contributed by atoms with E-state index in [1.54, 1.807) is 22.7 Å². The number of imidazole rings is 1. The number of hydrogen-bond donors (Lipinski definition) is 1. The molecule has 0 radical (unpaired) electrons. The Hall–Kier alpha value is -0.890. The molecule has 1 N–H and O–H groups in total. The van der Waals surface area contributed by atoms with Crippen LogP contribution in [-0.4, -0.2) is 21.5 Å². The zero-order valence-corrected chi connectivity index (χ0v) is 13.4. The Bertz CT molecular complexity index is 703. The molecular weight excluding hydrogens is 346 g/mol. The highest BCUT2D eigenvalue weighted by Crippen LogP contribution is 2.27. The van der Waals surface area contributed by atoms with Crippen LogP contribution < -0.4 is 4.90 Å². The van der Waals surface area contributed by atoms with Gasteiger partial charge in [0.1, 0.15) is 0 Å². The average molecular weight is 358 g/mol. The summed E-state index contributed by atoms with van der Waals surface area (Å²) in [6.07, 6.45) is 1.94. The molecule has 0 aliphatic rings. The third kappa shape index (κ3) is 2.43. The second kappa shape index (κ2) is 5.24. The number of thiazole rings is 1. The molecule has 7 heteroatoms. The Balaban J connectivity index is 1.92. The minimum absolute atomic E-state index is 0.00902. The molecule has 0 saturated carbocycles. The fourth-order valence-electron chi connectivity index (χ4n) is 2.05. The van der Waals surface area contributed by atoms with Crippen molar-refractivity contribution < 1.29 is 5.11 Å². The fourth-order valence-corrected chi connectivity index (χ4v) is 3.98. The van der Waals surface area contributed by atoms with Crippen molar-refractivity contribution in [3.8, 4) is 0 Å². The first-order valence-corrected chi connectivity index (χ1v) is 8.23. The number of aromatic nitrogens is 2. The maximum absolute atomic E-state index is 9.55. The van der Waals surface area contributed by atoms with Crippen molar-refractivity contribution in [2.45, 2.75) is 13.2 Å². The van der Waals surface area contributed by atoms with Gasteiger partial charge in [-0.15, -0.1) is 22.7 Å². The summed E-state index contributed by atoms with van der Waals surface area (Å²) in [6, 6.07) is 2.11. The minimum Gasteiger partial charge on any atom is -0.390 e. The van der Waals surface area contributed by atoms with Gasteiger partial charge in [0, 0.05) is 25.2 Å². The van der Waals surface area contributed by atoms with Crippen molar-refractivity contribution >= 4 is 49.4 Å². The molecule has 0 aliphatic carbocycles. The van der Waals surface area contributed by atoms with E-state index < -0.39 is 0 Å². The summed E-state index contributed by atoms with van der Waals surface area (Å²) in [5.41, 5.74) is 2.08. The number of halogens is 1. The summed E-state index contributed by atoms with van der Waals surface area (Å²) in [7, 11) is 2.00. The molecule has 19 heavy (non-hydrogen) atoms.